The molecule has 0 atom stereocenters. The number of carbonyl (C=O) groups is 2. The van der Waals surface area contributed by atoms with Crippen molar-refractivity contribution in [1.29, 1.82) is 0 Å². The molecule has 0 aromatic rings. The zero-order valence-corrected chi connectivity index (χ0v) is 5.68. The first-order valence-electron chi connectivity index (χ1n) is 2.45. The first-order chi connectivity index (χ1) is 4.13. The van der Waals surface area contributed by atoms with Gasteiger partial charge >= 0.3 is 0 Å². The number of hydrogen-bond donors (Lipinski definition) is 0. The van der Waals surface area contributed by atoms with Crippen LogP contribution in [-0.4, -0.2) is 11.6 Å². The van der Waals surface area contributed by atoms with Crippen LogP contribution >= 0.6 is 0 Å². The van der Waals surface area contributed by atoms with E-state index < -0.39 is 0 Å². The van der Waals surface area contributed by atoms with E-state index in [9.17, 15) is 9.59 Å². The highest BCUT2D eigenvalue weighted by Gasteiger charge is 1.94. The predicted octanol–water partition coefficient (Wildman–Crippen LogP) is 2.08. The maximum absolute atomic E-state index is 10.0. The second-order valence-corrected chi connectivity index (χ2v) is 1.58. The summed E-state index contributed by atoms with van der Waals surface area (Å²) in [6.07, 6.45) is 8.08. The van der Waals surface area contributed by atoms with Crippen LogP contribution in [0.15, 0.2) is 0 Å². The standard InChI is InChI=1S/C5H8O2.C2H2.2CH4/c1-4(6)3-5(2)7;1-2;;/h3H2,1-2H3;1-2H;2*1H4. The largest absolute Gasteiger partial charge is 0.300 e. The van der Waals surface area contributed by atoms with E-state index in [1.165, 1.54) is 13.8 Å². The van der Waals surface area contributed by atoms with Crippen LogP contribution in [0, 0.1) is 12.8 Å². The summed E-state index contributed by atoms with van der Waals surface area (Å²) in [5.74, 6) is -0.125. The fourth-order valence-corrected chi connectivity index (χ4v) is 0.351. The van der Waals surface area contributed by atoms with E-state index in [4.69, 9.17) is 0 Å². The lowest BCUT2D eigenvalue weighted by molar-refractivity contribution is -0.124. The van der Waals surface area contributed by atoms with Crippen molar-refractivity contribution in [3.05, 3.63) is 0 Å². The molecule has 0 fully saturated rings. The van der Waals surface area contributed by atoms with Crippen LogP contribution in [0.1, 0.15) is 35.1 Å². The number of ketones is 2. The Kier molecular flexibility index (Phi) is 32.7. The maximum atomic E-state index is 10.0. The van der Waals surface area contributed by atoms with Gasteiger partial charge in [-0.2, -0.15) is 0 Å². The average molecular weight is 158 g/mol. The van der Waals surface area contributed by atoms with E-state index in [1.54, 1.807) is 0 Å². The van der Waals surface area contributed by atoms with E-state index >= 15 is 0 Å². The Morgan fingerprint density at radius 2 is 1.18 bits per heavy atom. The fraction of sp³-hybridized carbons (Fsp3) is 0.556. The molecule has 0 saturated carbocycles. The molecule has 0 heterocycles. The maximum Gasteiger partial charge on any atom is 0.137 e. The molecule has 0 aromatic heterocycles. The summed E-state index contributed by atoms with van der Waals surface area (Å²) in [4.78, 5) is 20.1. The van der Waals surface area contributed by atoms with Gasteiger partial charge in [0.2, 0.25) is 0 Å². The molecule has 2 heteroatoms. The van der Waals surface area contributed by atoms with Crippen molar-refractivity contribution in [2.24, 2.45) is 0 Å². The smallest absolute Gasteiger partial charge is 0.137 e. The summed E-state index contributed by atoms with van der Waals surface area (Å²) >= 11 is 0. The second kappa shape index (κ2) is 16.0. The lowest BCUT2D eigenvalue weighted by Gasteiger charge is -1.81. The van der Waals surface area contributed by atoms with Gasteiger partial charge in [-0.25, -0.2) is 0 Å². The molecule has 0 saturated heterocycles. The third-order valence-electron chi connectivity index (χ3n) is 0.498. The number of Topliss-reactive ketones (excluding diaryl/α,β-unsaturated/α-hetero) is 2. The molecular weight excluding hydrogens is 140 g/mol. The molecule has 11 heavy (non-hydrogen) atoms. The van der Waals surface area contributed by atoms with Crippen molar-refractivity contribution in [2.75, 3.05) is 0 Å². The Labute approximate surface area is 70.0 Å². The average Bonchev–Trinajstić information content (AvgIpc) is 1.68. The highest BCUT2D eigenvalue weighted by atomic mass is 16.1. The van der Waals surface area contributed by atoms with Gasteiger partial charge in [0, 0.05) is 0 Å². The van der Waals surface area contributed by atoms with Gasteiger partial charge in [0.25, 0.3) is 0 Å². The van der Waals surface area contributed by atoms with Gasteiger partial charge in [0.1, 0.15) is 11.6 Å². The molecule has 0 aromatic carbocycles. The van der Waals surface area contributed by atoms with Crippen molar-refractivity contribution in [3.8, 4) is 12.8 Å². The van der Waals surface area contributed by atoms with Crippen molar-refractivity contribution in [1.82, 2.24) is 0 Å². The number of hydrogen-bond acceptors (Lipinski definition) is 2. The van der Waals surface area contributed by atoms with E-state index in [2.05, 4.69) is 12.8 Å². The van der Waals surface area contributed by atoms with Crippen molar-refractivity contribution < 1.29 is 9.59 Å². The molecule has 0 radical (unpaired) electrons. The minimum absolute atomic E-state index is 0. The van der Waals surface area contributed by atoms with Crippen LogP contribution in [0.2, 0.25) is 0 Å². The van der Waals surface area contributed by atoms with Crippen molar-refractivity contribution in [3.63, 3.8) is 0 Å². The first-order valence-corrected chi connectivity index (χ1v) is 2.45. The second-order valence-electron chi connectivity index (χ2n) is 1.58. The number of terminal acetylenes is 1. The minimum Gasteiger partial charge on any atom is -0.300 e. The molecular formula is C9H18O2. The van der Waals surface area contributed by atoms with Gasteiger partial charge in [0.15, 0.2) is 0 Å². The number of rotatable bonds is 2. The van der Waals surface area contributed by atoms with Crippen LogP contribution in [0.4, 0.5) is 0 Å². The SMILES string of the molecule is C.C.C#C.CC(=O)CC(C)=O. The molecule has 0 amide bonds. The molecule has 0 aliphatic rings. The number of carbonyl (C=O) groups excluding carboxylic acids is 2. The zero-order valence-electron chi connectivity index (χ0n) is 5.68. The molecule has 0 N–H and O–H groups in total. The van der Waals surface area contributed by atoms with Crippen LogP contribution < -0.4 is 0 Å². The molecule has 66 valence electrons. The van der Waals surface area contributed by atoms with Crippen LogP contribution in [0.25, 0.3) is 0 Å². The van der Waals surface area contributed by atoms with Crippen molar-refractivity contribution in [2.45, 2.75) is 35.1 Å². The highest BCUT2D eigenvalue weighted by molar-refractivity contribution is 5.96. The summed E-state index contributed by atoms with van der Waals surface area (Å²) < 4.78 is 0. The fourth-order valence-electron chi connectivity index (χ4n) is 0.351. The predicted molar refractivity (Wildman–Crippen MR) is 49.3 cm³/mol. The Morgan fingerprint density at radius 1 is 1.00 bits per heavy atom. The van der Waals surface area contributed by atoms with Gasteiger partial charge in [0.05, 0.1) is 6.42 Å². The van der Waals surface area contributed by atoms with E-state index in [0.717, 1.165) is 0 Å². The summed E-state index contributed by atoms with van der Waals surface area (Å²) in [6.45, 7) is 2.81. The van der Waals surface area contributed by atoms with Gasteiger partial charge in [-0.3, -0.25) is 9.59 Å². The zero-order chi connectivity index (χ0) is 7.86. The Hall–Kier alpha value is -1.10. The summed E-state index contributed by atoms with van der Waals surface area (Å²) in [6, 6.07) is 0. The van der Waals surface area contributed by atoms with Crippen molar-refractivity contribution >= 4 is 11.6 Å². The van der Waals surface area contributed by atoms with E-state index in [0.29, 0.717) is 0 Å². The summed E-state index contributed by atoms with van der Waals surface area (Å²) in [7, 11) is 0. The Morgan fingerprint density at radius 3 is 1.18 bits per heavy atom. The summed E-state index contributed by atoms with van der Waals surface area (Å²) in [5.41, 5.74) is 0. The van der Waals surface area contributed by atoms with E-state index in [-0.39, 0.29) is 32.8 Å². The van der Waals surface area contributed by atoms with Crippen LogP contribution in [0.3, 0.4) is 0 Å². The van der Waals surface area contributed by atoms with Crippen LogP contribution in [0.5, 0.6) is 0 Å². The molecule has 2 nitrogen and oxygen atoms in total. The molecule has 0 aliphatic heterocycles. The Balaban J connectivity index is -0.0000000564. The molecule has 0 rings (SSSR count). The Bertz CT molecular complexity index is 111. The van der Waals surface area contributed by atoms with Gasteiger partial charge in [-0.15, -0.1) is 12.8 Å². The molecule has 0 unspecified atom stereocenters. The molecule has 0 aliphatic carbocycles. The quantitative estimate of drug-likeness (QED) is 0.455. The summed E-state index contributed by atoms with van der Waals surface area (Å²) in [5, 5.41) is 0. The normalized spacial score (nSPS) is 5.45. The third-order valence-corrected chi connectivity index (χ3v) is 0.498. The van der Waals surface area contributed by atoms with Crippen LogP contribution in [-0.2, 0) is 9.59 Å². The minimum atomic E-state index is -0.0625. The topological polar surface area (TPSA) is 34.1 Å². The lowest BCUT2D eigenvalue weighted by atomic mass is 10.2. The van der Waals surface area contributed by atoms with Gasteiger partial charge < -0.3 is 0 Å². The highest BCUT2D eigenvalue weighted by Crippen LogP contribution is 1.80. The van der Waals surface area contributed by atoms with E-state index in [1.807, 2.05) is 0 Å². The van der Waals surface area contributed by atoms with Gasteiger partial charge in [-0.05, 0) is 13.8 Å². The first kappa shape index (κ1) is 22.5. The lowest BCUT2D eigenvalue weighted by Crippen LogP contribution is -1.97. The molecule has 0 bridgehead atoms. The van der Waals surface area contributed by atoms with Gasteiger partial charge in [-0.1, -0.05) is 14.9 Å². The monoisotopic (exact) mass is 158 g/mol. The third kappa shape index (κ3) is 50.4. The molecule has 0 spiro atoms.